The Balaban J connectivity index is 1.66. The van der Waals surface area contributed by atoms with Crippen LogP contribution in [0.2, 0.25) is 0 Å². The van der Waals surface area contributed by atoms with Gasteiger partial charge in [-0.05, 0) is 37.3 Å². The summed E-state index contributed by atoms with van der Waals surface area (Å²) < 4.78 is 52.1. The van der Waals surface area contributed by atoms with Crippen LogP contribution in [0.4, 0.5) is 23.2 Å². The molecule has 146 valence electrons. The third-order valence-electron chi connectivity index (χ3n) is 3.70. The summed E-state index contributed by atoms with van der Waals surface area (Å²) in [5.41, 5.74) is -0.577. The van der Waals surface area contributed by atoms with Crippen molar-refractivity contribution >= 4 is 23.4 Å². The van der Waals surface area contributed by atoms with Gasteiger partial charge in [-0.1, -0.05) is 30.0 Å². The Kier molecular flexibility index (Phi) is 5.68. The average Bonchev–Trinajstić information content (AvgIpc) is 3.09. The normalized spacial score (nSPS) is 12.6. The lowest BCUT2D eigenvalue weighted by atomic mass is 10.2. The molecule has 1 aromatic heterocycles. The van der Waals surface area contributed by atoms with Crippen molar-refractivity contribution in [3.8, 4) is 11.4 Å². The molecule has 0 saturated carbocycles. The second-order valence-corrected chi connectivity index (χ2v) is 7.08. The smallest absolute Gasteiger partial charge is 0.325 e. The number of nitrogens with one attached hydrogen (secondary N) is 2. The summed E-state index contributed by atoms with van der Waals surface area (Å²) in [5.74, 6) is -0.766. The molecule has 0 saturated heterocycles. The molecule has 0 aliphatic heterocycles. The number of carbonyl (C=O) groups is 1. The highest BCUT2D eigenvalue weighted by molar-refractivity contribution is 8.00. The van der Waals surface area contributed by atoms with Crippen LogP contribution in [0, 0.1) is 5.82 Å². The molecule has 1 amide bonds. The van der Waals surface area contributed by atoms with Gasteiger partial charge in [0.15, 0.2) is 5.82 Å². The van der Waals surface area contributed by atoms with Crippen molar-refractivity contribution in [2.75, 3.05) is 5.32 Å². The van der Waals surface area contributed by atoms with Crippen LogP contribution in [-0.4, -0.2) is 26.3 Å². The Morgan fingerprint density at radius 1 is 1.18 bits per heavy atom. The highest BCUT2D eigenvalue weighted by atomic mass is 32.2. The number of hydrogen-bond acceptors (Lipinski definition) is 4. The molecule has 0 fully saturated rings. The van der Waals surface area contributed by atoms with Crippen LogP contribution in [-0.2, 0) is 11.0 Å². The van der Waals surface area contributed by atoms with Gasteiger partial charge in [-0.2, -0.15) is 13.2 Å². The molecule has 1 atom stereocenters. The first-order valence-corrected chi connectivity index (χ1v) is 8.94. The number of amides is 1. The van der Waals surface area contributed by atoms with Crippen LogP contribution in [0.15, 0.2) is 53.7 Å². The Labute approximate surface area is 161 Å². The van der Waals surface area contributed by atoms with E-state index in [0.29, 0.717) is 0 Å². The molecule has 1 unspecified atom stereocenters. The van der Waals surface area contributed by atoms with Gasteiger partial charge in [-0.3, -0.25) is 9.89 Å². The average molecular weight is 410 g/mol. The van der Waals surface area contributed by atoms with Gasteiger partial charge in [0.05, 0.1) is 16.4 Å². The zero-order valence-electron chi connectivity index (χ0n) is 14.4. The van der Waals surface area contributed by atoms with Gasteiger partial charge in [0.2, 0.25) is 11.1 Å². The second-order valence-electron chi connectivity index (χ2n) is 5.77. The van der Waals surface area contributed by atoms with Crippen molar-refractivity contribution in [1.29, 1.82) is 0 Å². The van der Waals surface area contributed by atoms with Gasteiger partial charge < -0.3 is 5.32 Å². The molecule has 28 heavy (non-hydrogen) atoms. The number of rotatable bonds is 5. The van der Waals surface area contributed by atoms with E-state index in [4.69, 9.17) is 0 Å². The molecule has 0 aliphatic rings. The summed E-state index contributed by atoms with van der Waals surface area (Å²) in [6.45, 7) is 1.56. The molecule has 3 rings (SSSR count). The van der Waals surface area contributed by atoms with Gasteiger partial charge in [0.25, 0.3) is 0 Å². The SMILES string of the molecule is CC(Sc1n[nH]c(-c2ccccc2F)n1)C(=O)Nc1cccc(C(F)(F)F)c1. The van der Waals surface area contributed by atoms with Crippen LogP contribution in [0.5, 0.6) is 0 Å². The van der Waals surface area contributed by atoms with E-state index in [1.165, 1.54) is 24.3 Å². The van der Waals surface area contributed by atoms with Crippen LogP contribution in [0.3, 0.4) is 0 Å². The zero-order valence-corrected chi connectivity index (χ0v) is 15.2. The number of benzene rings is 2. The highest BCUT2D eigenvalue weighted by Crippen LogP contribution is 2.31. The number of H-pyrrole nitrogens is 1. The third kappa shape index (κ3) is 4.69. The van der Waals surface area contributed by atoms with Crippen molar-refractivity contribution in [3.05, 3.63) is 59.9 Å². The van der Waals surface area contributed by atoms with Crippen LogP contribution < -0.4 is 5.32 Å². The molecule has 1 heterocycles. The summed E-state index contributed by atoms with van der Waals surface area (Å²) in [6.07, 6.45) is -4.50. The van der Waals surface area contributed by atoms with E-state index in [1.54, 1.807) is 19.1 Å². The van der Waals surface area contributed by atoms with Crippen LogP contribution in [0.25, 0.3) is 11.4 Å². The molecule has 10 heteroatoms. The van der Waals surface area contributed by atoms with E-state index in [2.05, 4.69) is 20.5 Å². The fourth-order valence-corrected chi connectivity index (χ4v) is 3.03. The maximum absolute atomic E-state index is 13.8. The molecular formula is C18H14F4N4OS. The Morgan fingerprint density at radius 2 is 1.93 bits per heavy atom. The summed E-state index contributed by atoms with van der Waals surface area (Å²) in [5, 5.41) is 8.50. The monoisotopic (exact) mass is 410 g/mol. The summed E-state index contributed by atoms with van der Waals surface area (Å²) in [4.78, 5) is 16.4. The van der Waals surface area contributed by atoms with Gasteiger partial charge in [0.1, 0.15) is 5.82 Å². The molecule has 0 bridgehead atoms. The number of anilines is 1. The first-order chi connectivity index (χ1) is 13.2. The number of aromatic nitrogens is 3. The first-order valence-electron chi connectivity index (χ1n) is 8.06. The van der Waals surface area contributed by atoms with Crippen molar-refractivity contribution in [2.24, 2.45) is 0 Å². The number of carbonyl (C=O) groups excluding carboxylic acids is 1. The number of alkyl halides is 3. The second kappa shape index (κ2) is 8.01. The minimum absolute atomic E-state index is 0.0364. The van der Waals surface area contributed by atoms with Gasteiger partial charge in [-0.25, -0.2) is 9.37 Å². The predicted molar refractivity (Wildman–Crippen MR) is 97.2 cm³/mol. The first kappa shape index (κ1) is 19.9. The number of aromatic amines is 1. The van der Waals surface area contributed by atoms with E-state index in [-0.39, 0.29) is 22.2 Å². The number of nitrogens with zero attached hydrogens (tertiary/aromatic N) is 2. The topological polar surface area (TPSA) is 70.7 Å². The minimum Gasteiger partial charge on any atom is -0.325 e. The number of thioether (sulfide) groups is 1. The summed E-state index contributed by atoms with van der Waals surface area (Å²) >= 11 is 0.992. The van der Waals surface area contributed by atoms with E-state index in [0.717, 1.165) is 23.9 Å². The third-order valence-corrected chi connectivity index (χ3v) is 4.66. The lowest BCUT2D eigenvalue weighted by molar-refractivity contribution is -0.137. The molecule has 0 aliphatic carbocycles. The molecule has 5 nitrogen and oxygen atoms in total. The van der Waals surface area contributed by atoms with Crippen molar-refractivity contribution in [1.82, 2.24) is 15.2 Å². The van der Waals surface area contributed by atoms with E-state index < -0.39 is 28.7 Å². The van der Waals surface area contributed by atoms with E-state index >= 15 is 0 Å². The standard InChI is InChI=1S/C18H14F4N4OS/c1-10(16(27)23-12-6-4-5-11(9-12)18(20,21)22)28-17-24-15(25-26-17)13-7-2-3-8-14(13)19/h2-10H,1H3,(H,23,27)(H,24,25,26). The van der Waals surface area contributed by atoms with Gasteiger partial charge >= 0.3 is 6.18 Å². The number of hydrogen-bond donors (Lipinski definition) is 2. The summed E-state index contributed by atoms with van der Waals surface area (Å²) in [6, 6.07) is 10.4. The lowest BCUT2D eigenvalue weighted by Gasteiger charge is -2.12. The minimum atomic E-state index is -4.50. The quantitative estimate of drug-likeness (QED) is 0.471. The molecular weight excluding hydrogens is 396 g/mol. The van der Waals surface area contributed by atoms with Gasteiger partial charge in [-0.15, -0.1) is 5.10 Å². The zero-order chi connectivity index (χ0) is 20.3. The molecule has 3 aromatic rings. The Hall–Kier alpha value is -2.88. The van der Waals surface area contributed by atoms with Crippen molar-refractivity contribution in [2.45, 2.75) is 23.5 Å². The molecule has 0 radical (unpaired) electrons. The maximum atomic E-state index is 13.8. The van der Waals surface area contributed by atoms with Crippen LogP contribution >= 0.6 is 11.8 Å². The summed E-state index contributed by atoms with van der Waals surface area (Å²) in [7, 11) is 0. The maximum Gasteiger partial charge on any atom is 0.416 e. The fraction of sp³-hybridized carbons (Fsp3) is 0.167. The highest BCUT2D eigenvalue weighted by Gasteiger charge is 2.30. The van der Waals surface area contributed by atoms with Gasteiger partial charge in [0, 0.05) is 5.69 Å². The van der Waals surface area contributed by atoms with Crippen molar-refractivity contribution < 1.29 is 22.4 Å². The largest absolute Gasteiger partial charge is 0.416 e. The van der Waals surface area contributed by atoms with E-state index in [9.17, 15) is 22.4 Å². The Morgan fingerprint density at radius 3 is 2.64 bits per heavy atom. The molecule has 0 spiro atoms. The molecule has 2 N–H and O–H groups in total. The lowest BCUT2D eigenvalue weighted by Crippen LogP contribution is -2.22. The fourth-order valence-electron chi connectivity index (χ4n) is 2.30. The van der Waals surface area contributed by atoms with Crippen LogP contribution in [0.1, 0.15) is 12.5 Å². The molecule has 2 aromatic carbocycles. The van der Waals surface area contributed by atoms with Crippen molar-refractivity contribution in [3.63, 3.8) is 0 Å². The number of halogens is 4. The Bertz CT molecular complexity index is 989. The predicted octanol–water partition coefficient (Wildman–Crippen LogP) is 4.75. The van der Waals surface area contributed by atoms with E-state index in [1.807, 2.05) is 0 Å².